The first kappa shape index (κ1) is 20.9. The summed E-state index contributed by atoms with van der Waals surface area (Å²) in [5, 5.41) is 4.02. The molecule has 3 amide bonds. The van der Waals surface area contributed by atoms with Gasteiger partial charge in [0.05, 0.1) is 0 Å². The molecule has 2 heterocycles. The summed E-state index contributed by atoms with van der Waals surface area (Å²) in [7, 11) is 3.51. The van der Waals surface area contributed by atoms with Crippen molar-refractivity contribution in [1.82, 2.24) is 19.3 Å². The molecule has 1 aromatic heterocycles. The molecular weight excluding hydrogens is 390 g/mol. The van der Waals surface area contributed by atoms with Crippen molar-refractivity contribution in [3.63, 3.8) is 0 Å². The number of fused-ring (bicyclic) bond motifs is 1. The van der Waals surface area contributed by atoms with Crippen LogP contribution in [0.4, 0.5) is 10.5 Å². The van der Waals surface area contributed by atoms with Crippen LogP contribution < -0.4 is 5.32 Å². The minimum Gasteiger partial charge on any atom is -0.347 e. The number of nitrogens with one attached hydrogen (secondary N) is 1. The van der Waals surface area contributed by atoms with E-state index in [-0.39, 0.29) is 11.9 Å². The van der Waals surface area contributed by atoms with Crippen LogP contribution in [0.15, 0.2) is 60.8 Å². The van der Waals surface area contributed by atoms with Gasteiger partial charge < -0.3 is 19.7 Å². The number of nitrogens with zero attached hydrogens (tertiary/aromatic N) is 4. The highest BCUT2D eigenvalue weighted by molar-refractivity contribution is 5.93. The number of likely N-dealkylation sites (N-methyl/N-ethyl adjacent to an activating group) is 1. The van der Waals surface area contributed by atoms with E-state index in [0.717, 1.165) is 36.2 Å². The summed E-state index contributed by atoms with van der Waals surface area (Å²) in [6.07, 6.45) is 1.91. The molecule has 0 unspecified atom stereocenters. The second-order valence-electron chi connectivity index (χ2n) is 8.18. The highest BCUT2D eigenvalue weighted by Gasteiger charge is 2.21. The number of aromatic nitrogens is 1. The fourth-order valence-electron chi connectivity index (χ4n) is 3.86. The molecule has 0 bridgehead atoms. The fraction of sp³-hybridized carbons (Fsp3) is 0.333. The van der Waals surface area contributed by atoms with E-state index in [2.05, 4.69) is 34.5 Å². The van der Waals surface area contributed by atoms with Gasteiger partial charge in [-0.05, 0) is 29.8 Å². The molecular formula is C24H29N5O2. The summed E-state index contributed by atoms with van der Waals surface area (Å²) in [6.45, 7) is 4.37. The molecule has 0 atom stereocenters. The Hall–Kier alpha value is -3.32. The van der Waals surface area contributed by atoms with Gasteiger partial charge in [0.15, 0.2) is 0 Å². The lowest BCUT2D eigenvalue weighted by Crippen LogP contribution is -2.49. The van der Waals surface area contributed by atoms with E-state index < -0.39 is 0 Å². The number of piperazine rings is 1. The number of rotatable bonds is 5. The second-order valence-corrected chi connectivity index (χ2v) is 8.18. The van der Waals surface area contributed by atoms with Gasteiger partial charge in [0.2, 0.25) is 5.91 Å². The molecule has 1 aliphatic rings. The predicted octanol–water partition coefficient (Wildman–Crippen LogP) is 3.08. The van der Waals surface area contributed by atoms with Gasteiger partial charge in [0.25, 0.3) is 0 Å². The van der Waals surface area contributed by atoms with Gasteiger partial charge in [-0.1, -0.05) is 30.3 Å². The van der Waals surface area contributed by atoms with E-state index in [1.165, 1.54) is 5.56 Å². The largest absolute Gasteiger partial charge is 0.347 e. The highest BCUT2D eigenvalue weighted by atomic mass is 16.2. The summed E-state index contributed by atoms with van der Waals surface area (Å²) < 4.78 is 1.93. The third kappa shape index (κ3) is 5.06. The molecule has 7 heteroatoms. The second kappa shape index (κ2) is 9.22. The lowest BCUT2D eigenvalue weighted by Gasteiger charge is -2.34. The molecule has 3 aromatic rings. The molecule has 1 N–H and O–H groups in total. The summed E-state index contributed by atoms with van der Waals surface area (Å²) in [4.78, 5) is 30.6. The fourth-order valence-corrected chi connectivity index (χ4v) is 3.86. The van der Waals surface area contributed by atoms with Gasteiger partial charge in [-0.3, -0.25) is 9.69 Å². The van der Waals surface area contributed by atoms with Gasteiger partial charge in [-0.25, -0.2) is 4.79 Å². The zero-order valence-electron chi connectivity index (χ0n) is 18.1. The first-order valence-corrected chi connectivity index (χ1v) is 10.6. The number of urea groups is 1. The van der Waals surface area contributed by atoms with Crippen molar-refractivity contribution in [3.8, 4) is 0 Å². The van der Waals surface area contributed by atoms with Crippen molar-refractivity contribution >= 4 is 28.5 Å². The highest BCUT2D eigenvalue weighted by Crippen LogP contribution is 2.21. The first-order chi connectivity index (χ1) is 15.0. The standard InChI is InChI=1S/C24H29N5O2/c1-26(2)23(30)18-29-11-10-20-16-21(8-9-22(20)29)25-24(31)28-14-12-27(13-15-28)17-19-6-4-3-5-7-19/h3-11,16H,12-15,17-18H2,1-2H3,(H,25,31). The van der Waals surface area contributed by atoms with Crippen LogP contribution in [0, 0.1) is 0 Å². The van der Waals surface area contributed by atoms with Crippen molar-refractivity contribution in [2.45, 2.75) is 13.1 Å². The Bertz CT molecular complexity index is 1050. The van der Waals surface area contributed by atoms with Crippen molar-refractivity contribution in [2.24, 2.45) is 0 Å². The van der Waals surface area contributed by atoms with Crippen LogP contribution in [0.1, 0.15) is 5.56 Å². The number of carbonyl (C=O) groups excluding carboxylic acids is 2. The lowest BCUT2D eigenvalue weighted by atomic mass is 10.2. The molecule has 0 spiro atoms. The van der Waals surface area contributed by atoms with Crippen LogP contribution in [0.5, 0.6) is 0 Å². The van der Waals surface area contributed by atoms with E-state index in [9.17, 15) is 9.59 Å². The van der Waals surface area contributed by atoms with E-state index in [0.29, 0.717) is 19.6 Å². The quantitative estimate of drug-likeness (QED) is 0.691. The zero-order valence-corrected chi connectivity index (χ0v) is 18.1. The number of benzene rings is 2. The molecule has 4 rings (SSSR count). The average Bonchev–Trinajstić information content (AvgIpc) is 3.16. The Morgan fingerprint density at radius 1 is 0.968 bits per heavy atom. The number of carbonyl (C=O) groups is 2. The third-order valence-electron chi connectivity index (χ3n) is 5.74. The molecule has 0 aliphatic carbocycles. The van der Waals surface area contributed by atoms with Crippen LogP contribution >= 0.6 is 0 Å². The van der Waals surface area contributed by atoms with Crippen molar-refractivity contribution < 1.29 is 9.59 Å². The van der Waals surface area contributed by atoms with Crippen LogP contribution in [0.25, 0.3) is 10.9 Å². The Kier molecular flexibility index (Phi) is 6.23. The molecule has 1 aliphatic heterocycles. The van der Waals surface area contributed by atoms with Crippen molar-refractivity contribution in [3.05, 3.63) is 66.4 Å². The van der Waals surface area contributed by atoms with Gasteiger partial charge in [-0.15, -0.1) is 0 Å². The molecule has 1 fully saturated rings. The van der Waals surface area contributed by atoms with Crippen LogP contribution in [-0.4, -0.2) is 71.5 Å². The van der Waals surface area contributed by atoms with Crippen LogP contribution in [0.3, 0.4) is 0 Å². The van der Waals surface area contributed by atoms with E-state index in [1.54, 1.807) is 19.0 Å². The number of amides is 3. The summed E-state index contributed by atoms with van der Waals surface area (Å²) in [6, 6.07) is 18.1. The average molecular weight is 420 g/mol. The van der Waals surface area contributed by atoms with Gasteiger partial charge in [0.1, 0.15) is 6.54 Å². The lowest BCUT2D eigenvalue weighted by molar-refractivity contribution is -0.129. The van der Waals surface area contributed by atoms with E-state index in [4.69, 9.17) is 0 Å². The predicted molar refractivity (Wildman–Crippen MR) is 123 cm³/mol. The molecule has 162 valence electrons. The number of hydrogen-bond donors (Lipinski definition) is 1. The van der Waals surface area contributed by atoms with Crippen LogP contribution in [-0.2, 0) is 17.9 Å². The van der Waals surface area contributed by atoms with Crippen LogP contribution in [0.2, 0.25) is 0 Å². The molecule has 7 nitrogen and oxygen atoms in total. The summed E-state index contributed by atoms with van der Waals surface area (Å²) >= 11 is 0. The Labute approximate surface area is 182 Å². The maximum Gasteiger partial charge on any atom is 0.321 e. The Morgan fingerprint density at radius 2 is 1.71 bits per heavy atom. The molecule has 31 heavy (non-hydrogen) atoms. The van der Waals surface area contributed by atoms with Crippen molar-refractivity contribution in [2.75, 3.05) is 45.6 Å². The normalized spacial score (nSPS) is 14.6. The van der Waals surface area contributed by atoms with E-state index in [1.807, 2.05) is 46.0 Å². The number of hydrogen-bond acceptors (Lipinski definition) is 3. The first-order valence-electron chi connectivity index (χ1n) is 10.6. The molecule has 0 radical (unpaired) electrons. The smallest absolute Gasteiger partial charge is 0.321 e. The molecule has 0 saturated carbocycles. The SMILES string of the molecule is CN(C)C(=O)Cn1ccc2cc(NC(=O)N3CCN(Cc4ccccc4)CC3)ccc21. The van der Waals surface area contributed by atoms with Gasteiger partial charge in [0, 0.05) is 69.6 Å². The third-order valence-corrected chi connectivity index (χ3v) is 5.74. The van der Waals surface area contributed by atoms with E-state index >= 15 is 0 Å². The Morgan fingerprint density at radius 3 is 2.42 bits per heavy atom. The summed E-state index contributed by atoms with van der Waals surface area (Å²) in [5.41, 5.74) is 3.04. The van der Waals surface area contributed by atoms with Gasteiger partial charge in [-0.2, -0.15) is 0 Å². The summed E-state index contributed by atoms with van der Waals surface area (Å²) in [5.74, 6) is 0.0429. The van der Waals surface area contributed by atoms with Crippen molar-refractivity contribution in [1.29, 1.82) is 0 Å². The molecule has 1 saturated heterocycles. The van der Waals surface area contributed by atoms with Gasteiger partial charge >= 0.3 is 6.03 Å². The minimum atomic E-state index is -0.0686. The minimum absolute atomic E-state index is 0.0429. The molecule has 2 aromatic carbocycles. The monoisotopic (exact) mass is 419 g/mol. The maximum absolute atomic E-state index is 12.7. The zero-order chi connectivity index (χ0) is 21.8. The topological polar surface area (TPSA) is 60.8 Å². The number of anilines is 1. The maximum atomic E-state index is 12.7. The Balaban J connectivity index is 1.33.